The Balaban J connectivity index is 1.72. The van der Waals surface area contributed by atoms with Crippen molar-refractivity contribution in [2.75, 3.05) is 12.0 Å². The molecule has 0 aliphatic heterocycles. The fraction of sp³-hybridized carbons (Fsp3) is 0.389. The molecule has 0 unspecified atom stereocenters. The van der Waals surface area contributed by atoms with Crippen molar-refractivity contribution in [1.82, 2.24) is 20.2 Å². The molecule has 0 amide bonds. The summed E-state index contributed by atoms with van der Waals surface area (Å²) >= 11 is 0. The summed E-state index contributed by atoms with van der Waals surface area (Å²) in [4.78, 5) is 11.3. The van der Waals surface area contributed by atoms with Crippen LogP contribution in [0.3, 0.4) is 0 Å². The Morgan fingerprint density at radius 2 is 2.12 bits per heavy atom. The van der Waals surface area contributed by atoms with Crippen LogP contribution >= 0.6 is 0 Å². The number of nitrogens with zero attached hydrogens (tertiary/aromatic N) is 4. The van der Waals surface area contributed by atoms with Crippen LogP contribution < -0.4 is 9.64 Å². The van der Waals surface area contributed by atoms with Gasteiger partial charge in [-0.15, -0.1) is 0 Å². The van der Waals surface area contributed by atoms with Gasteiger partial charge < -0.3 is 9.64 Å². The first-order valence-electron chi connectivity index (χ1n) is 8.39. The van der Waals surface area contributed by atoms with E-state index in [1.165, 1.54) is 31.2 Å². The fourth-order valence-electron chi connectivity index (χ4n) is 3.54. The van der Waals surface area contributed by atoms with E-state index < -0.39 is 0 Å². The third-order valence-corrected chi connectivity index (χ3v) is 4.75. The van der Waals surface area contributed by atoms with E-state index in [1.807, 2.05) is 18.3 Å². The number of H-pyrrole nitrogens is 1. The summed E-state index contributed by atoms with van der Waals surface area (Å²) in [6.07, 6.45) is 8.39. The molecule has 2 aromatic heterocycles. The highest BCUT2D eigenvalue weighted by Gasteiger charge is 2.26. The summed E-state index contributed by atoms with van der Waals surface area (Å²) in [5.74, 6) is 1.85. The van der Waals surface area contributed by atoms with E-state index in [1.54, 1.807) is 13.4 Å². The molecule has 6 heteroatoms. The summed E-state index contributed by atoms with van der Waals surface area (Å²) in [5, 5.41) is 8.05. The standard InChI is InChI=1S/C18H21N5O/c1-24-15-8-4-5-13(9-15)11-23(14-6-2-3-7-14)18-16-10-21-22-17(16)19-12-20-18/h4-5,8-10,12,14H,2-3,6-7,11H2,1H3,(H,19,20,21,22). The van der Waals surface area contributed by atoms with Crippen molar-refractivity contribution in [3.05, 3.63) is 42.4 Å². The van der Waals surface area contributed by atoms with Gasteiger partial charge in [-0.2, -0.15) is 5.10 Å². The molecule has 1 fully saturated rings. The largest absolute Gasteiger partial charge is 0.497 e. The number of methoxy groups -OCH3 is 1. The zero-order valence-corrected chi connectivity index (χ0v) is 13.8. The molecule has 1 aliphatic rings. The molecular formula is C18H21N5O. The average Bonchev–Trinajstić information content (AvgIpc) is 3.31. The Kier molecular flexibility index (Phi) is 4.02. The van der Waals surface area contributed by atoms with E-state index in [9.17, 15) is 0 Å². The van der Waals surface area contributed by atoms with Crippen LogP contribution in [0, 0.1) is 0 Å². The normalized spacial score (nSPS) is 15.0. The third-order valence-electron chi connectivity index (χ3n) is 4.75. The minimum atomic E-state index is 0.504. The van der Waals surface area contributed by atoms with Gasteiger partial charge >= 0.3 is 0 Å². The van der Waals surface area contributed by atoms with Crippen LogP contribution in [0.5, 0.6) is 5.75 Å². The first-order chi connectivity index (χ1) is 11.8. The van der Waals surface area contributed by atoms with Crippen molar-refractivity contribution < 1.29 is 4.74 Å². The number of anilines is 1. The lowest BCUT2D eigenvalue weighted by molar-refractivity contribution is 0.414. The third kappa shape index (κ3) is 2.79. The summed E-state index contributed by atoms with van der Waals surface area (Å²) in [5.41, 5.74) is 2.00. The number of hydrogen-bond donors (Lipinski definition) is 1. The molecule has 1 aliphatic carbocycles. The molecule has 24 heavy (non-hydrogen) atoms. The van der Waals surface area contributed by atoms with Gasteiger partial charge in [-0.05, 0) is 30.5 Å². The highest BCUT2D eigenvalue weighted by molar-refractivity contribution is 5.86. The smallest absolute Gasteiger partial charge is 0.160 e. The number of fused-ring (bicyclic) bond motifs is 1. The van der Waals surface area contributed by atoms with Crippen molar-refractivity contribution >= 4 is 16.9 Å². The average molecular weight is 323 g/mol. The Morgan fingerprint density at radius 3 is 2.96 bits per heavy atom. The maximum atomic E-state index is 5.37. The Morgan fingerprint density at radius 1 is 1.25 bits per heavy atom. The molecule has 124 valence electrons. The van der Waals surface area contributed by atoms with Crippen LogP contribution in [0.15, 0.2) is 36.8 Å². The van der Waals surface area contributed by atoms with Crippen LogP contribution in [-0.2, 0) is 6.54 Å². The molecule has 2 heterocycles. The highest BCUT2D eigenvalue weighted by atomic mass is 16.5. The fourth-order valence-corrected chi connectivity index (χ4v) is 3.54. The summed E-state index contributed by atoms with van der Waals surface area (Å²) in [6, 6.07) is 8.74. The molecule has 0 radical (unpaired) electrons. The van der Waals surface area contributed by atoms with Crippen LogP contribution in [0.2, 0.25) is 0 Å². The lowest BCUT2D eigenvalue weighted by Crippen LogP contribution is -2.33. The quantitative estimate of drug-likeness (QED) is 0.780. The van der Waals surface area contributed by atoms with Crippen LogP contribution in [0.25, 0.3) is 11.0 Å². The van der Waals surface area contributed by atoms with Crippen molar-refractivity contribution in [2.45, 2.75) is 38.3 Å². The first-order valence-corrected chi connectivity index (χ1v) is 8.39. The van der Waals surface area contributed by atoms with Crippen molar-refractivity contribution in [3.8, 4) is 5.75 Å². The first kappa shape index (κ1) is 14.9. The van der Waals surface area contributed by atoms with E-state index >= 15 is 0 Å². The number of nitrogens with one attached hydrogen (secondary N) is 1. The SMILES string of the molecule is COc1cccc(CN(c2ncnc3[nH]ncc23)C2CCCC2)c1. The lowest BCUT2D eigenvalue weighted by atomic mass is 10.1. The Labute approximate surface area is 140 Å². The van der Waals surface area contributed by atoms with Crippen LogP contribution in [-0.4, -0.2) is 33.3 Å². The monoisotopic (exact) mass is 323 g/mol. The van der Waals surface area contributed by atoms with Crippen molar-refractivity contribution in [2.24, 2.45) is 0 Å². The Bertz CT molecular complexity index is 825. The van der Waals surface area contributed by atoms with Gasteiger partial charge in [0.2, 0.25) is 0 Å². The van der Waals surface area contributed by atoms with Gasteiger partial charge in [-0.25, -0.2) is 9.97 Å². The van der Waals surface area contributed by atoms with Crippen molar-refractivity contribution in [1.29, 1.82) is 0 Å². The number of aromatic amines is 1. The molecule has 0 bridgehead atoms. The number of rotatable bonds is 5. The second-order valence-corrected chi connectivity index (χ2v) is 6.25. The molecule has 1 saturated carbocycles. The van der Waals surface area contributed by atoms with E-state index in [-0.39, 0.29) is 0 Å². The number of aromatic nitrogens is 4. The van der Waals surface area contributed by atoms with E-state index in [2.05, 4.69) is 37.2 Å². The predicted octanol–water partition coefficient (Wildman–Crippen LogP) is 3.31. The lowest BCUT2D eigenvalue weighted by Gasteiger charge is -2.30. The van der Waals surface area contributed by atoms with E-state index in [0.29, 0.717) is 6.04 Å². The zero-order chi connectivity index (χ0) is 16.4. The molecule has 6 nitrogen and oxygen atoms in total. The molecule has 0 atom stereocenters. The molecule has 0 spiro atoms. The maximum Gasteiger partial charge on any atom is 0.160 e. The molecule has 4 rings (SSSR count). The summed E-state index contributed by atoms with van der Waals surface area (Å²) in [7, 11) is 1.70. The second kappa shape index (κ2) is 6.47. The highest BCUT2D eigenvalue weighted by Crippen LogP contribution is 2.32. The Hall–Kier alpha value is -2.63. The van der Waals surface area contributed by atoms with E-state index in [0.717, 1.165) is 29.1 Å². The molecular weight excluding hydrogens is 302 g/mol. The van der Waals surface area contributed by atoms with Gasteiger partial charge in [0.25, 0.3) is 0 Å². The van der Waals surface area contributed by atoms with Gasteiger partial charge in [0, 0.05) is 12.6 Å². The molecule has 1 aromatic carbocycles. The van der Waals surface area contributed by atoms with Gasteiger partial charge in [0.15, 0.2) is 5.65 Å². The predicted molar refractivity (Wildman–Crippen MR) is 93.1 cm³/mol. The molecule has 1 N–H and O–H groups in total. The zero-order valence-electron chi connectivity index (χ0n) is 13.8. The molecule has 3 aromatic rings. The molecule has 0 saturated heterocycles. The van der Waals surface area contributed by atoms with Crippen LogP contribution in [0.1, 0.15) is 31.2 Å². The number of hydrogen-bond acceptors (Lipinski definition) is 5. The maximum absolute atomic E-state index is 5.37. The second-order valence-electron chi connectivity index (χ2n) is 6.25. The minimum absolute atomic E-state index is 0.504. The minimum Gasteiger partial charge on any atom is -0.497 e. The van der Waals surface area contributed by atoms with Gasteiger partial charge in [0.1, 0.15) is 17.9 Å². The van der Waals surface area contributed by atoms with Crippen molar-refractivity contribution in [3.63, 3.8) is 0 Å². The summed E-state index contributed by atoms with van der Waals surface area (Å²) < 4.78 is 5.37. The van der Waals surface area contributed by atoms with E-state index in [4.69, 9.17) is 4.74 Å². The number of benzene rings is 1. The summed E-state index contributed by atoms with van der Waals surface area (Å²) in [6.45, 7) is 0.805. The van der Waals surface area contributed by atoms with Crippen LogP contribution in [0.4, 0.5) is 5.82 Å². The van der Waals surface area contributed by atoms with Gasteiger partial charge in [-0.3, -0.25) is 5.10 Å². The number of ether oxygens (including phenoxy) is 1. The topological polar surface area (TPSA) is 66.9 Å². The van der Waals surface area contributed by atoms with Gasteiger partial charge in [-0.1, -0.05) is 25.0 Å². The van der Waals surface area contributed by atoms with Gasteiger partial charge in [0.05, 0.1) is 18.7 Å².